The molecule has 4 heterocycles. The number of aryl methyl sites for hydroxylation is 1. The van der Waals surface area contributed by atoms with E-state index in [0.717, 1.165) is 0 Å². The van der Waals surface area contributed by atoms with Crippen LogP contribution in [0.2, 0.25) is 0 Å². The standard InChI is InChI=1S/C17H15F3N6O3/c1-25-6-5-12(23-25)15(27)26-7-4-11(9-26)28-13-3-2-10(8-21-13)14-22-16(29-24-14)17(18,19)20/h2-3,5-6,8,11H,4,7,9H2,1H3/t11-/m0/s1. The molecule has 0 saturated carbocycles. The van der Waals surface area contributed by atoms with E-state index in [2.05, 4.69) is 24.7 Å². The number of halogens is 3. The smallest absolute Gasteiger partial charge is 0.471 e. The number of rotatable bonds is 4. The van der Waals surface area contributed by atoms with Gasteiger partial charge in [-0.05, 0) is 12.1 Å². The fraction of sp³-hybridized carbons (Fsp3) is 0.353. The maximum atomic E-state index is 12.5. The summed E-state index contributed by atoms with van der Waals surface area (Å²) in [7, 11) is 1.74. The van der Waals surface area contributed by atoms with Crippen molar-refractivity contribution in [1.29, 1.82) is 0 Å². The highest BCUT2D eigenvalue weighted by Gasteiger charge is 2.38. The Hall–Kier alpha value is -3.44. The zero-order chi connectivity index (χ0) is 20.6. The Balaban J connectivity index is 1.37. The molecule has 0 N–H and O–H groups in total. The Bertz CT molecular complexity index is 1010. The summed E-state index contributed by atoms with van der Waals surface area (Å²) in [5, 5.41) is 7.41. The summed E-state index contributed by atoms with van der Waals surface area (Å²) in [6.07, 6.45) is -1.33. The molecule has 0 unspecified atom stereocenters. The van der Waals surface area contributed by atoms with Gasteiger partial charge in [-0.2, -0.15) is 23.3 Å². The molecular weight excluding hydrogens is 393 g/mol. The predicted molar refractivity (Wildman–Crippen MR) is 90.7 cm³/mol. The third-order valence-electron chi connectivity index (χ3n) is 4.32. The van der Waals surface area contributed by atoms with Crippen LogP contribution in [0.15, 0.2) is 35.1 Å². The van der Waals surface area contributed by atoms with Gasteiger partial charge in [-0.1, -0.05) is 5.16 Å². The molecule has 0 aliphatic carbocycles. The van der Waals surface area contributed by atoms with Gasteiger partial charge in [0.2, 0.25) is 11.7 Å². The number of pyridine rings is 1. The molecule has 0 spiro atoms. The zero-order valence-electron chi connectivity index (χ0n) is 15.1. The summed E-state index contributed by atoms with van der Waals surface area (Å²) < 4.78 is 49.2. The second-order valence-electron chi connectivity index (χ2n) is 6.46. The molecule has 1 amide bonds. The van der Waals surface area contributed by atoms with Crippen molar-refractivity contribution in [1.82, 2.24) is 29.8 Å². The third kappa shape index (κ3) is 4.05. The molecule has 9 nitrogen and oxygen atoms in total. The van der Waals surface area contributed by atoms with Crippen molar-refractivity contribution < 1.29 is 27.2 Å². The van der Waals surface area contributed by atoms with E-state index in [4.69, 9.17) is 4.74 Å². The van der Waals surface area contributed by atoms with Gasteiger partial charge >= 0.3 is 12.1 Å². The molecule has 4 rings (SSSR count). The molecule has 0 bridgehead atoms. The van der Waals surface area contributed by atoms with Crippen LogP contribution < -0.4 is 4.74 Å². The van der Waals surface area contributed by atoms with Crippen molar-refractivity contribution in [3.8, 4) is 17.3 Å². The van der Waals surface area contributed by atoms with Crippen molar-refractivity contribution in [2.45, 2.75) is 18.7 Å². The van der Waals surface area contributed by atoms with E-state index in [9.17, 15) is 18.0 Å². The van der Waals surface area contributed by atoms with Crippen LogP contribution in [0, 0.1) is 0 Å². The lowest BCUT2D eigenvalue weighted by Gasteiger charge is -2.15. The van der Waals surface area contributed by atoms with Gasteiger partial charge < -0.3 is 14.2 Å². The van der Waals surface area contributed by atoms with E-state index in [1.807, 2.05) is 0 Å². The van der Waals surface area contributed by atoms with Crippen LogP contribution in [0.25, 0.3) is 11.4 Å². The SMILES string of the molecule is Cn1ccc(C(=O)N2CC[C@H](Oc3ccc(-c4noc(C(F)(F)F)n4)cn3)C2)n1. The first-order valence-electron chi connectivity index (χ1n) is 8.62. The van der Waals surface area contributed by atoms with E-state index in [1.165, 1.54) is 18.3 Å². The molecule has 12 heteroatoms. The van der Waals surface area contributed by atoms with Gasteiger partial charge in [0, 0.05) is 44.0 Å². The minimum Gasteiger partial charge on any atom is -0.472 e. The highest BCUT2D eigenvalue weighted by molar-refractivity contribution is 5.92. The van der Waals surface area contributed by atoms with Crippen molar-refractivity contribution in [3.63, 3.8) is 0 Å². The number of hydrogen-bond donors (Lipinski definition) is 0. The van der Waals surface area contributed by atoms with Crippen LogP contribution in [0.4, 0.5) is 13.2 Å². The topological polar surface area (TPSA) is 99.2 Å². The zero-order valence-corrected chi connectivity index (χ0v) is 15.1. The van der Waals surface area contributed by atoms with Crippen LogP contribution in [-0.4, -0.2) is 54.9 Å². The molecular formula is C17H15F3N6O3. The fourth-order valence-corrected chi connectivity index (χ4v) is 2.91. The van der Waals surface area contributed by atoms with Gasteiger partial charge in [-0.3, -0.25) is 9.48 Å². The predicted octanol–water partition coefficient (Wildman–Crippen LogP) is 2.18. The Labute approximate surface area is 162 Å². The van der Waals surface area contributed by atoms with Crippen LogP contribution >= 0.6 is 0 Å². The van der Waals surface area contributed by atoms with Crippen molar-refractivity contribution in [2.75, 3.05) is 13.1 Å². The van der Waals surface area contributed by atoms with E-state index in [0.29, 0.717) is 25.2 Å². The molecule has 1 fully saturated rings. The van der Waals surface area contributed by atoms with E-state index < -0.39 is 12.1 Å². The second kappa shape index (κ2) is 7.18. The van der Waals surface area contributed by atoms with Crippen molar-refractivity contribution in [3.05, 3.63) is 42.2 Å². The number of nitrogens with zero attached hydrogens (tertiary/aromatic N) is 6. The molecule has 1 aliphatic rings. The first-order valence-corrected chi connectivity index (χ1v) is 8.62. The van der Waals surface area contributed by atoms with Crippen molar-refractivity contribution in [2.24, 2.45) is 7.05 Å². The minimum atomic E-state index is -4.71. The number of carbonyl (C=O) groups excluding carboxylic acids is 1. The second-order valence-corrected chi connectivity index (χ2v) is 6.46. The number of hydrogen-bond acceptors (Lipinski definition) is 7. The first-order chi connectivity index (χ1) is 13.8. The Kier molecular flexibility index (Phi) is 4.68. The summed E-state index contributed by atoms with van der Waals surface area (Å²) >= 11 is 0. The average Bonchev–Trinajstić information content (AvgIpc) is 3.42. The van der Waals surface area contributed by atoms with E-state index >= 15 is 0 Å². The summed E-state index contributed by atoms with van der Waals surface area (Å²) in [6.45, 7) is 0.917. The van der Waals surface area contributed by atoms with E-state index in [1.54, 1.807) is 28.9 Å². The molecule has 29 heavy (non-hydrogen) atoms. The Morgan fingerprint density at radius 3 is 2.76 bits per heavy atom. The monoisotopic (exact) mass is 408 g/mol. The lowest BCUT2D eigenvalue weighted by Crippen LogP contribution is -2.31. The van der Waals surface area contributed by atoms with Gasteiger partial charge in [-0.25, -0.2) is 4.98 Å². The van der Waals surface area contributed by atoms with Gasteiger partial charge in [0.1, 0.15) is 11.8 Å². The lowest BCUT2D eigenvalue weighted by atomic mass is 10.2. The van der Waals surface area contributed by atoms with Crippen LogP contribution in [-0.2, 0) is 13.2 Å². The number of carbonyl (C=O) groups is 1. The van der Waals surface area contributed by atoms with Gasteiger partial charge in [0.15, 0.2) is 0 Å². The Morgan fingerprint density at radius 2 is 2.14 bits per heavy atom. The van der Waals surface area contributed by atoms with Crippen LogP contribution in [0.5, 0.6) is 5.88 Å². The first kappa shape index (κ1) is 18.9. The minimum absolute atomic E-state index is 0.169. The normalized spacial score (nSPS) is 17.0. The molecule has 1 atom stereocenters. The third-order valence-corrected chi connectivity index (χ3v) is 4.32. The average molecular weight is 408 g/mol. The molecule has 1 aliphatic heterocycles. The fourth-order valence-electron chi connectivity index (χ4n) is 2.91. The number of ether oxygens (including phenoxy) is 1. The number of aromatic nitrogens is 5. The molecule has 152 valence electrons. The summed E-state index contributed by atoms with van der Waals surface area (Å²) in [6, 6.07) is 4.64. The van der Waals surface area contributed by atoms with Crippen molar-refractivity contribution >= 4 is 5.91 Å². The number of amides is 1. The quantitative estimate of drug-likeness (QED) is 0.652. The summed E-state index contributed by atoms with van der Waals surface area (Å²) in [5.41, 5.74) is 0.629. The molecule has 1 saturated heterocycles. The highest BCUT2D eigenvalue weighted by Crippen LogP contribution is 2.29. The number of alkyl halides is 3. The molecule has 0 aromatic carbocycles. The maximum absolute atomic E-state index is 12.5. The van der Waals surface area contributed by atoms with Gasteiger partial charge in [0.25, 0.3) is 5.91 Å². The highest BCUT2D eigenvalue weighted by atomic mass is 19.4. The lowest BCUT2D eigenvalue weighted by molar-refractivity contribution is -0.159. The summed E-state index contributed by atoms with van der Waals surface area (Å²) in [5.74, 6) is -1.52. The molecule has 0 radical (unpaired) electrons. The number of likely N-dealkylation sites (tertiary alicyclic amines) is 1. The summed E-state index contributed by atoms with van der Waals surface area (Å²) in [4.78, 5) is 21.4. The molecule has 3 aromatic rings. The van der Waals surface area contributed by atoms with Crippen LogP contribution in [0.3, 0.4) is 0 Å². The largest absolute Gasteiger partial charge is 0.472 e. The maximum Gasteiger partial charge on any atom is 0.471 e. The van der Waals surface area contributed by atoms with E-state index in [-0.39, 0.29) is 29.3 Å². The Morgan fingerprint density at radius 1 is 1.31 bits per heavy atom. The van der Waals surface area contributed by atoms with Gasteiger partial charge in [0.05, 0.1) is 6.54 Å². The molecule has 3 aromatic heterocycles. The van der Waals surface area contributed by atoms with Crippen LogP contribution in [0.1, 0.15) is 22.8 Å². The van der Waals surface area contributed by atoms with Gasteiger partial charge in [-0.15, -0.1) is 0 Å².